The maximum atomic E-state index is 11.4. The van der Waals surface area contributed by atoms with E-state index in [2.05, 4.69) is 6.92 Å². The first kappa shape index (κ1) is 15.1. The number of esters is 1. The number of ketones is 1. The molecule has 0 radical (unpaired) electrons. The lowest BCUT2D eigenvalue weighted by Crippen LogP contribution is -2.25. The summed E-state index contributed by atoms with van der Waals surface area (Å²) in [5, 5.41) is 0. The molecule has 0 spiro atoms. The lowest BCUT2D eigenvalue weighted by Gasteiger charge is -2.12. The average molecular weight is 230 g/mol. The molecule has 0 amide bonds. The SMILES string of the molecule is CCCCOCCC(C(C)=O)C(=O)OCC. The summed E-state index contributed by atoms with van der Waals surface area (Å²) in [5.41, 5.74) is 0. The van der Waals surface area contributed by atoms with Gasteiger partial charge in [0.05, 0.1) is 6.61 Å². The van der Waals surface area contributed by atoms with Crippen LogP contribution in [0.3, 0.4) is 0 Å². The molecule has 1 atom stereocenters. The highest BCUT2D eigenvalue weighted by molar-refractivity contribution is 5.97. The Morgan fingerprint density at radius 1 is 1.19 bits per heavy atom. The van der Waals surface area contributed by atoms with Gasteiger partial charge in [0.1, 0.15) is 11.7 Å². The van der Waals surface area contributed by atoms with Crippen LogP contribution in [0.1, 0.15) is 40.0 Å². The molecule has 0 N–H and O–H groups in total. The van der Waals surface area contributed by atoms with Crippen LogP contribution in [0, 0.1) is 5.92 Å². The minimum absolute atomic E-state index is 0.155. The van der Waals surface area contributed by atoms with E-state index in [0.717, 1.165) is 12.8 Å². The minimum Gasteiger partial charge on any atom is -0.465 e. The molecule has 0 aromatic rings. The second kappa shape index (κ2) is 9.33. The van der Waals surface area contributed by atoms with Crippen molar-refractivity contribution >= 4 is 11.8 Å². The van der Waals surface area contributed by atoms with E-state index in [-0.39, 0.29) is 5.78 Å². The summed E-state index contributed by atoms with van der Waals surface area (Å²) in [7, 11) is 0. The summed E-state index contributed by atoms with van der Waals surface area (Å²) in [5.74, 6) is -1.26. The van der Waals surface area contributed by atoms with E-state index in [1.165, 1.54) is 6.92 Å². The first-order valence-electron chi connectivity index (χ1n) is 5.88. The smallest absolute Gasteiger partial charge is 0.316 e. The molecule has 0 saturated carbocycles. The zero-order valence-electron chi connectivity index (χ0n) is 10.5. The molecule has 0 aromatic heterocycles. The number of Topliss-reactive ketones (excluding diaryl/α,β-unsaturated/α-hetero) is 1. The molecule has 94 valence electrons. The van der Waals surface area contributed by atoms with Crippen LogP contribution < -0.4 is 0 Å². The van der Waals surface area contributed by atoms with Gasteiger partial charge < -0.3 is 9.47 Å². The van der Waals surface area contributed by atoms with Crippen LogP contribution in [0.25, 0.3) is 0 Å². The minimum atomic E-state index is -0.665. The van der Waals surface area contributed by atoms with Crippen LogP contribution in [0.2, 0.25) is 0 Å². The number of carbonyl (C=O) groups excluding carboxylic acids is 2. The highest BCUT2D eigenvalue weighted by Gasteiger charge is 2.24. The van der Waals surface area contributed by atoms with E-state index in [9.17, 15) is 9.59 Å². The van der Waals surface area contributed by atoms with Crippen LogP contribution >= 0.6 is 0 Å². The van der Waals surface area contributed by atoms with E-state index in [1.807, 2.05) is 0 Å². The first-order chi connectivity index (χ1) is 7.63. The molecule has 0 fully saturated rings. The Bertz CT molecular complexity index is 213. The van der Waals surface area contributed by atoms with Crippen molar-refractivity contribution < 1.29 is 19.1 Å². The average Bonchev–Trinajstić information content (AvgIpc) is 2.23. The monoisotopic (exact) mass is 230 g/mol. The summed E-state index contributed by atoms with van der Waals surface area (Å²) in [6.07, 6.45) is 2.50. The molecular weight excluding hydrogens is 208 g/mol. The highest BCUT2D eigenvalue weighted by Crippen LogP contribution is 2.08. The normalized spacial score (nSPS) is 12.2. The predicted octanol–water partition coefficient (Wildman–Crippen LogP) is 1.96. The molecule has 0 aliphatic heterocycles. The lowest BCUT2D eigenvalue weighted by molar-refractivity contribution is -0.151. The molecule has 16 heavy (non-hydrogen) atoms. The van der Waals surface area contributed by atoms with Crippen LogP contribution in [0.5, 0.6) is 0 Å². The van der Waals surface area contributed by atoms with Crippen molar-refractivity contribution in [3.8, 4) is 0 Å². The van der Waals surface area contributed by atoms with Gasteiger partial charge in [-0.25, -0.2) is 0 Å². The maximum Gasteiger partial charge on any atom is 0.316 e. The van der Waals surface area contributed by atoms with E-state index in [0.29, 0.717) is 26.2 Å². The summed E-state index contributed by atoms with van der Waals surface area (Å²) in [6.45, 7) is 6.65. The largest absolute Gasteiger partial charge is 0.465 e. The fourth-order valence-corrected chi connectivity index (χ4v) is 1.28. The molecule has 4 nitrogen and oxygen atoms in total. The summed E-state index contributed by atoms with van der Waals surface area (Å²) in [6, 6.07) is 0. The Morgan fingerprint density at radius 3 is 2.38 bits per heavy atom. The Hall–Kier alpha value is -0.900. The van der Waals surface area contributed by atoms with Gasteiger partial charge in [-0.15, -0.1) is 0 Å². The molecule has 0 heterocycles. The zero-order valence-corrected chi connectivity index (χ0v) is 10.5. The first-order valence-corrected chi connectivity index (χ1v) is 5.88. The van der Waals surface area contributed by atoms with Crippen LogP contribution in [-0.2, 0) is 19.1 Å². The van der Waals surface area contributed by atoms with Crippen molar-refractivity contribution in [3.05, 3.63) is 0 Å². The quantitative estimate of drug-likeness (QED) is 0.345. The fourth-order valence-electron chi connectivity index (χ4n) is 1.28. The number of unbranched alkanes of at least 4 members (excludes halogenated alkanes) is 1. The fraction of sp³-hybridized carbons (Fsp3) is 0.833. The van der Waals surface area contributed by atoms with Crippen molar-refractivity contribution in [2.75, 3.05) is 19.8 Å². The van der Waals surface area contributed by atoms with Crippen molar-refractivity contribution in [2.24, 2.45) is 5.92 Å². The van der Waals surface area contributed by atoms with E-state index in [4.69, 9.17) is 9.47 Å². The summed E-state index contributed by atoms with van der Waals surface area (Å²) >= 11 is 0. The van der Waals surface area contributed by atoms with Crippen molar-refractivity contribution in [2.45, 2.75) is 40.0 Å². The molecule has 0 saturated heterocycles. The summed E-state index contributed by atoms with van der Waals surface area (Å²) in [4.78, 5) is 22.6. The third kappa shape index (κ3) is 6.56. The number of ether oxygens (including phenoxy) is 2. The van der Waals surface area contributed by atoms with Crippen LogP contribution in [0.4, 0.5) is 0 Å². The van der Waals surface area contributed by atoms with Crippen molar-refractivity contribution in [1.82, 2.24) is 0 Å². The van der Waals surface area contributed by atoms with E-state index < -0.39 is 11.9 Å². The second-order valence-corrected chi connectivity index (χ2v) is 3.67. The summed E-state index contributed by atoms with van der Waals surface area (Å²) < 4.78 is 10.2. The van der Waals surface area contributed by atoms with Crippen LogP contribution in [0.15, 0.2) is 0 Å². The van der Waals surface area contributed by atoms with E-state index in [1.54, 1.807) is 6.92 Å². The number of hydrogen-bond donors (Lipinski definition) is 0. The standard InChI is InChI=1S/C12H22O4/c1-4-6-8-15-9-7-11(10(3)13)12(14)16-5-2/h11H,4-9H2,1-3H3. The van der Waals surface area contributed by atoms with Gasteiger partial charge in [0.25, 0.3) is 0 Å². The molecule has 0 aromatic carbocycles. The van der Waals surface area contributed by atoms with Gasteiger partial charge in [-0.1, -0.05) is 13.3 Å². The Labute approximate surface area is 97.3 Å². The molecule has 1 unspecified atom stereocenters. The molecule has 0 aliphatic rings. The van der Waals surface area contributed by atoms with Crippen molar-refractivity contribution in [3.63, 3.8) is 0 Å². The molecular formula is C12H22O4. The zero-order chi connectivity index (χ0) is 12.4. The molecule has 0 aliphatic carbocycles. The lowest BCUT2D eigenvalue weighted by atomic mass is 10.0. The van der Waals surface area contributed by atoms with Gasteiger partial charge in [-0.05, 0) is 26.7 Å². The van der Waals surface area contributed by atoms with E-state index >= 15 is 0 Å². The third-order valence-corrected chi connectivity index (χ3v) is 2.25. The van der Waals surface area contributed by atoms with Gasteiger partial charge >= 0.3 is 5.97 Å². The number of rotatable bonds is 9. The Morgan fingerprint density at radius 2 is 1.88 bits per heavy atom. The van der Waals surface area contributed by atoms with Crippen LogP contribution in [-0.4, -0.2) is 31.6 Å². The Kier molecular flexibility index (Phi) is 8.81. The highest BCUT2D eigenvalue weighted by atomic mass is 16.5. The van der Waals surface area contributed by atoms with Gasteiger partial charge in [0.15, 0.2) is 0 Å². The van der Waals surface area contributed by atoms with Gasteiger partial charge in [-0.2, -0.15) is 0 Å². The van der Waals surface area contributed by atoms with Gasteiger partial charge in [0.2, 0.25) is 0 Å². The second-order valence-electron chi connectivity index (χ2n) is 3.67. The molecule has 0 bridgehead atoms. The number of carbonyl (C=O) groups is 2. The third-order valence-electron chi connectivity index (χ3n) is 2.25. The topological polar surface area (TPSA) is 52.6 Å². The molecule has 0 rings (SSSR count). The predicted molar refractivity (Wildman–Crippen MR) is 61.1 cm³/mol. The Balaban J connectivity index is 3.86. The van der Waals surface area contributed by atoms with Gasteiger partial charge in [-0.3, -0.25) is 9.59 Å². The van der Waals surface area contributed by atoms with Crippen molar-refractivity contribution in [1.29, 1.82) is 0 Å². The molecule has 4 heteroatoms. The number of hydrogen-bond acceptors (Lipinski definition) is 4. The van der Waals surface area contributed by atoms with Gasteiger partial charge in [0, 0.05) is 13.2 Å². The maximum absolute atomic E-state index is 11.4.